The van der Waals surface area contributed by atoms with E-state index in [1.54, 1.807) is 66.7 Å². The van der Waals surface area contributed by atoms with Crippen LogP contribution in [0.15, 0.2) is 103 Å². The van der Waals surface area contributed by atoms with Gasteiger partial charge in [0.25, 0.3) is 11.8 Å². The average molecular weight is 888 g/mol. The number of carboxylic acid groups (broad SMARTS) is 1. The lowest BCUT2D eigenvalue weighted by atomic mass is 9.90. The molecule has 0 fully saturated rings. The van der Waals surface area contributed by atoms with Gasteiger partial charge >= 0.3 is 17.9 Å². The fraction of sp³-hybridized carbons (Fsp3) is 0.289. The van der Waals surface area contributed by atoms with E-state index >= 15 is 0 Å². The molecule has 5 N–H and O–H groups in total. The molecular formula is C45H44Cl2N4O11. The molecule has 6 rings (SSSR count). The highest BCUT2D eigenvalue weighted by atomic mass is 35.5. The van der Waals surface area contributed by atoms with Crippen molar-refractivity contribution in [3.05, 3.63) is 135 Å². The number of Topliss-reactive ketones (excluding diaryl/α,β-unsaturated/α-hetero) is 1. The standard InChI is InChI=1S/C45H44Cl2N4O11/c1-25(52)61-39-40(62-26(2)53)44(58)51-36(21-28-11-7-4-8-12-28)41(55)50-37(22-30-15-16-32(46)24-34(30)47)42(56)49-35(20-27-9-5-3-6-10-27)38(54)23-31(45(59)60)19-29-13-17-33(18-14-29)48-43(39)57/h3-18,24,31,35-37,39-40H,19-23H2,1-2H3,(H,48,57)(H,49,56)(H,50,55)(H,51,58)(H,59,60)/t31-,35+,36+,37-,39+,40+/m0/s1. The molecular weight excluding hydrogens is 843 g/mol. The number of carbonyl (C=O) groups is 8. The molecule has 2 aliphatic rings. The molecule has 2 bridgehead atoms. The lowest BCUT2D eigenvalue weighted by Crippen LogP contribution is -2.59. The Morgan fingerprint density at radius 1 is 0.613 bits per heavy atom. The fourth-order valence-corrected chi connectivity index (χ4v) is 7.27. The van der Waals surface area contributed by atoms with Crippen LogP contribution in [0.3, 0.4) is 0 Å². The number of nitrogens with one attached hydrogen (secondary N) is 4. The van der Waals surface area contributed by atoms with Crippen LogP contribution in [0.4, 0.5) is 5.69 Å². The van der Waals surface area contributed by atoms with Gasteiger partial charge in [0.15, 0.2) is 5.78 Å². The van der Waals surface area contributed by atoms with Crippen LogP contribution in [0.25, 0.3) is 0 Å². The van der Waals surface area contributed by atoms with Gasteiger partial charge in [-0.1, -0.05) is 102 Å². The lowest BCUT2D eigenvalue weighted by Gasteiger charge is -2.28. The van der Waals surface area contributed by atoms with Crippen LogP contribution in [0.5, 0.6) is 0 Å². The quantitative estimate of drug-likeness (QED) is 0.118. The SMILES string of the molecule is CC(=O)O[C@H]1C(=O)Nc2ccc(cc2)C[C@H](C(=O)O)CC(=O)[C@@H](Cc2ccccc2)NC(=O)[C@H](Cc2ccc(Cl)cc2Cl)NC(=O)[C@@H](Cc2ccccc2)NC(=O)[C@@H]1OC(C)=O. The summed E-state index contributed by atoms with van der Waals surface area (Å²) in [5, 5.41) is 21.2. The van der Waals surface area contributed by atoms with Crippen molar-refractivity contribution >= 4 is 76.2 Å². The van der Waals surface area contributed by atoms with Gasteiger partial charge in [-0.25, -0.2) is 0 Å². The van der Waals surface area contributed by atoms with Crippen LogP contribution in [-0.4, -0.2) is 82.8 Å². The molecule has 324 valence electrons. The maximum absolute atomic E-state index is 14.5. The molecule has 0 radical (unpaired) electrons. The van der Waals surface area contributed by atoms with Crippen molar-refractivity contribution in [3.63, 3.8) is 0 Å². The summed E-state index contributed by atoms with van der Waals surface area (Å²) in [5.41, 5.74) is 2.17. The normalized spacial score (nSPS) is 21.6. The maximum Gasteiger partial charge on any atom is 0.307 e. The Hall–Kier alpha value is -6.58. The van der Waals surface area contributed by atoms with E-state index in [0.717, 1.165) is 13.8 Å². The molecule has 4 aromatic rings. The third-order valence-electron chi connectivity index (χ3n) is 9.85. The van der Waals surface area contributed by atoms with E-state index in [0.29, 0.717) is 27.3 Å². The zero-order valence-corrected chi connectivity index (χ0v) is 35.1. The Kier molecular flexibility index (Phi) is 16.3. The summed E-state index contributed by atoms with van der Waals surface area (Å²) in [4.78, 5) is 108. The van der Waals surface area contributed by atoms with Gasteiger partial charge in [0.05, 0.1) is 12.0 Å². The van der Waals surface area contributed by atoms with E-state index in [2.05, 4.69) is 21.3 Å². The highest BCUT2D eigenvalue weighted by Gasteiger charge is 2.41. The summed E-state index contributed by atoms with van der Waals surface area (Å²) < 4.78 is 10.5. The van der Waals surface area contributed by atoms with Crippen LogP contribution < -0.4 is 21.3 Å². The van der Waals surface area contributed by atoms with Crippen molar-refractivity contribution < 1.29 is 52.9 Å². The first-order chi connectivity index (χ1) is 29.6. The third kappa shape index (κ3) is 13.5. The van der Waals surface area contributed by atoms with Crippen LogP contribution in [0.2, 0.25) is 10.0 Å². The number of hydrogen-bond acceptors (Lipinski definition) is 10. The number of fused-ring (bicyclic) bond motifs is 18. The Bertz CT molecular complexity index is 2290. The number of halogens is 2. The zero-order valence-electron chi connectivity index (χ0n) is 33.6. The van der Waals surface area contributed by atoms with Crippen LogP contribution in [0, 0.1) is 5.92 Å². The number of hydrogen-bond donors (Lipinski definition) is 5. The molecule has 0 saturated heterocycles. The molecule has 0 saturated carbocycles. The predicted octanol–water partition coefficient (Wildman–Crippen LogP) is 4.19. The van der Waals surface area contributed by atoms with E-state index in [1.807, 2.05) is 0 Å². The topological polar surface area (TPSA) is 223 Å². The van der Waals surface area contributed by atoms with E-state index in [-0.39, 0.29) is 36.4 Å². The maximum atomic E-state index is 14.5. The molecule has 0 aliphatic carbocycles. The van der Waals surface area contributed by atoms with E-state index in [4.69, 9.17) is 32.7 Å². The minimum atomic E-state index is -2.12. The highest BCUT2D eigenvalue weighted by molar-refractivity contribution is 6.35. The summed E-state index contributed by atoms with van der Waals surface area (Å²) >= 11 is 12.7. The van der Waals surface area contributed by atoms with Gasteiger partial charge in [-0.15, -0.1) is 0 Å². The van der Waals surface area contributed by atoms with Gasteiger partial charge in [-0.2, -0.15) is 0 Å². The number of ether oxygens (including phenoxy) is 2. The largest absolute Gasteiger partial charge is 0.481 e. The molecule has 0 unspecified atom stereocenters. The van der Waals surface area contributed by atoms with Crippen molar-refractivity contribution in [1.29, 1.82) is 0 Å². The molecule has 17 heteroatoms. The number of amides is 4. The summed E-state index contributed by atoms with van der Waals surface area (Å²) in [6.45, 7) is 1.94. The smallest absolute Gasteiger partial charge is 0.307 e. The van der Waals surface area contributed by atoms with Crippen molar-refractivity contribution in [2.24, 2.45) is 5.92 Å². The number of ketones is 1. The van der Waals surface area contributed by atoms with E-state index in [1.165, 1.54) is 36.4 Å². The fourth-order valence-electron chi connectivity index (χ4n) is 6.79. The molecule has 62 heavy (non-hydrogen) atoms. The first-order valence-electron chi connectivity index (χ1n) is 19.5. The molecule has 0 spiro atoms. The summed E-state index contributed by atoms with van der Waals surface area (Å²) in [6.07, 6.45) is -5.26. The Morgan fingerprint density at radius 3 is 1.65 bits per heavy atom. The number of anilines is 1. The van der Waals surface area contributed by atoms with Crippen LogP contribution in [-0.2, 0) is 73.5 Å². The number of rotatable bonds is 9. The summed E-state index contributed by atoms with van der Waals surface area (Å²) in [5.74, 6) is -9.21. The van der Waals surface area contributed by atoms with Crippen molar-refractivity contribution in [2.45, 2.75) is 76.3 Å². The summed E-state index contributed by atoms with van der Waals surface area (Å²) in [7, 11) is 0. The van der Waals surface area contributed by atoms with Gasteiger partial charge in [0.2, 0.25) is 24.0 Å². The number of carboxylic acids is 1. The first kappa shape index (κ1) is 46.5. The molecule has 4 amide bonds. The van der Waals surface area contributed by atoms with Gasteiger partial charge in [0, 0.05) is 48.8 Å². The van der Waals surface area contributed by atoms with Gasteiger partial charge in [-0.3, -0.25) is 38.4 Å². The van der Waals surface area contributed by atoms with Gasteiger partial charge < -0.3 is 35.8 Å². The molecule has 15 nitrogen and oxygen atoms in total. The number of carbonyl (C=O) groups excluding carboxylic acids is 7. The second-order valence-electron chi connectivity index (χ2n) is 14.7. The highest BCUT2D eigenvalue weighted by Crippen LogP contribution is 2.24. The molecule has 0 aromatic heterocycles. The Morgan fingerprint density at radius 2 is 1.11 bits per heavy atom. The second-order valence-corrected chi connectivity index (χ2v) is 15.5. The minimum Gasteiger partial charge on any atom is -0.481 e. The number of benzene rings is 4. The van der Waals surface area contributed by atoms with Crippen molar-refractivity contribution in [3.8, 4) is 0 Å². The predicted molar refractivity (Wildman–Crippen MR) is 227 cm³/mol. The number of aliphatic carboxylic acids is 1. The summed E-state index contributed by atoms with van der Waals surface area (Å²) in [6, 6.07) is 23.3. The van der Waals surface area contributed by atoms with Crippen molar-refractivity contribution in [1.82, 2.24) is 16.0 Å². The Labute approximate surface area is 366 Å². The lowest BCUT2D eigenvalue weighted by molar-refractivity contribution is -0.173. The second kappa shape index (κ2) is 21.8. The molecule has 2 heterocycles. The first-order valence-corrected chi connectivity index (χ1v) is 20.2. The Balaban J connectivity index is 1.63. The molecule has 2 aliphatic heterocycles. The van der Waals surface area contributed by atoms with Crippen LogP contribution >= 0.6 is 23.2 Å². The molecule has 4 aromatic carbocycles. The minimum absolute atomic E-state index is 0.0256. The monoisotopic (exact) mass is 886 g/mol. The zero-order chi connectivity index (χ0) is 44.9. The third-order valence-corrected chi connectivity index (χ3v) is 10.4. The molecule has 6 atom stereocenters. The van der Waals surface area contributed by atoms with Gasteiger partial charge in [-0.05, 0) is 59.4 Å². The van der Waals surface area contributed by atoms with Gasteiger partial charge in [0.1, 0.15) is 12.1 Å². The average Bonchev–Trinajstić information content (AvgIpc) is 3.22. The van der Waals surface area contributed by atoms with Crippen LogP contribution in [0.1, 0.15) is 42.5 Å². The number of esters is 2. The van der Waals surface area contributed by atoms with E-state index in [9.17, 15) is 43.5 Å². The van der Waals surface area contributed by atoms with E-state index < -0.39 is 90.0 Å². The van der Waals surface area contributed by atoms with Crippen molar-refractivity contribution in [2.75, 3.05) is 5.32 Å².